The van der Waals surface area contributed by atoms with Crippen molar-refractivity contribution in [2.24, 2.45) is 7.05 Å². The molecule has 0 aliphatic heterocycles. The number of rotatable bonds is 12. The molecule has 6 aromatic rings. The van der Waals surface area contributed by atoms with Gasteiger partial charge in [0.1, 0.15) is 15.0 Å². The van der Waals surface area contributed by atoms with Gasteiger partial charge in [-0.3, -0.25) is 9.59 Å². The summed E-state index contributed by atoms with van der Waals surface area (Å²) in [5, 5.41) is 28.3. The van der Waals surface area contributed by atoms with E-state index in [9.17, 15) is 36.1 Å². The summed E-state index contributed by atoms with van der Waals surface area (Å²) in [4.78, 5) is 37.8. The fourth-order valence-electron chi connectivity index (χ4n) is 6.12. The van der Waals surface area contributed by atoms with Crippen LogP contribution in [0.1, 0.15) is 21.5 Å². The van der Waals surface area contributed by atoms with Gasteiger partial charge >= 0.3 is 45.7 Å². The third-order valence-corrected chi connectivity index (χ3v) is 10.7. The van der Waals surface area contributed by atoms with Crippen molar-refractivity contribution in [3.05, 3.63) is 106 Å². The predicted octanol–water partition coefficient (Wildman–Crippen LogP) is 0.290. The number of carbonyl (C=O) groups excluding carboxylic acids is 1. The van der Waals surface area contributed by atoms with Crippen LogP contribution in [0.2, 0.25) is 0 Å². The number of hydrogen-bond acceptors (Lipinski definition) is 17. The molecule has 1 aliphatic carbocycles. The second kappa shape index (κ2) is 15.7. The van der Waals surface area contributed by atoms with E-state index >= 15 is 0 Å². The van der Waals surface area contributed by atoms with Crippen molar-refractivity contribution in [2.45, 2.75) is 16.7 Å². The molecule has 0 amide bonds. The Bertz CT molecular complexity index is 2860. The maximum atomic E-state index is 14.0. The summed E-state index contributed by atoms with van der Waals surface area (Å²) >= 11 is 0. The number of hydrogen-bond donors (Lipinski definition) is 6. The molecule has 18 nitrogen and oxygen atoms in total. The van der Waals surface area contributed by atoms with Gasteiger partial charge in [-0.1, -0.05) is 30.3 Å². The molecular weight excluding hydrogens is 780 g/mol. The van der Waals surface area contributed by atoms with E-state index in [1.807, 2.05) is 0 Å². The minimum atomic E-state index is -5.09. The standard InChI is InChI=1S/C35H30N8O10S2.Na/c1-18-7-11-28(55(51,52)53-36-13-14-44)24(15-18)39-34-40-33(41-35(47)42-34)37-19-8-12-27(54(48,49)50)25(16-19)38-23-9-10-26-30-22(17-29(45)43(26)2)20-5-3-4-6-21(20)32(46)31(23)30;/h3-12,15-17,36,38,44H,13-14H2,1-2H3,(H,48,49,50)(H3,37,39,40,41,42,47);/q;+1/p-1. The number of anilines is 6. The van der Waals surface area contributed by atoms with Gasteiger partial charge in [0.15, 0.2) is 5.78 Å². The number of aliphatic hydroxyl groups excluding tert-OH is 1. The number of aromatic nitrogens is 4. The Morgan fingerprint density at radius 2 is 1.46 bits per heavy atom. The normalized spacial score (nSPS) is 12.2. The SMILES string of the molecule is Cc1ccc(S(=O)(=O)ONCCO)c(Nc2nc(O)nc(Nc3ccc(S(=O)(=O)[O-])c(Nc4ccc5c6c(cc(=O)n5C)-c5ccccc5C(=O)c46)c3)n2)c1.[Na+]. The molecule has 1 aliphatic rings. The third kappa shape index (κ3) is 7.87. The fraction of sp³-hybridized carbons (Fsp3) is 0.114. The van der Waals surface area contributed by atoms with Crippen molar-refractivity contribution in [1.82, 2.24) is 25.0 Å². The first-order chi connectivity index (χ1) is 26.1. The largest absolute Gasteiger partial charge is 1.00 e. The Kier molecular flexibility index (Phi) is 11.3. The summed E-state index contributed by atoms with van der Waals surface area (Å²) in [6.45, 7) is 1.15. The summed E-state index contributed by atoms with van der Waals surface area (Å²) < 4.78 is 69.2. The van der Waals surface area contributed by atoms with Gasteiger partial charge in [-0.2, -0.15) is 33.1 Å². The van der Waals surface area contributed by atoms with Crippen molar-refractivity contribution in [3.63, 3.8) is 0 Å². The molecule has 7 rings (SSSR count). The minimum absolute atomic E-state index is 0. The average Bonchev–Trinajstić information content (AvgIpc) is 3.12. The van der Waals surface area contributed by atoms with Crippen LogP contribution in [0.15, 0.2) is 93.4 Å². The van der Waals surface area contributed by atoms with Gasteiger partial charge in [-0.05, 0) is 66.1 Å². The van der Waals surface area contributed by atoms with Gasteiger partial charge in [0.25, 0.3) is 5.56 Å². The second-order valence-corrected chi connectivity index (χ2v) is 15.1. The number of carbonyl (C=O) groups is 1. The smallest absolute Gasteiger partial charge is 0.744 e. The number of benzene rings is 4. The summed E-state index contributed by atoms with van der Waals surface area (Å²) in [5.41, 5.74) is 4.50. The van der Waals surface area contributed by atoms with E-state index in [1.165, 1.54) is 47.0 Å². The maximum absolute atomic E-state index is 14.0. The Balaban J connectivity index is 0.00000532. The number of nitrogens with zero attached hydrogens (tertiary/aromatic N) is 4. The molecule has 2 aromatic heterocycles. The number of pyridine rings is 1. The van der Waals surface area contributed by atoms with Crippen molar-refractivity contribution >= 4 is 71.6 Å². The zero-order valence-electron chi connectivity index (χ0n) is 29.7. The van der Waals surface area contributed by atoms with Crippen molar-refractivity contribution in [2.75, 3.05) is 29.1 Å². The van der Waals surface area contributed by atoms with E-state index in [0.29, 0.717) is 33.2 Å². The molecule has 21 heteroatoms. The average molecular weight is 809 g/mol. The fourth-order valence-corrected chi connectivity index (χ4v) is 7.68. The van der Waals surface area contributed by atoms with Gasteiger partial charge < -0.3 is 35.3 Å². The zero-order chi connectivity index (χ0) is 39.2. The first kappa shape index (κ1) is 40.4. The molecule has 0 saturated carbocycles. The number of fused-ring (bicyclic) bond motifs is 2. The second-order valence-electron chi connectivity index (χ2n) is 12.2. The van der Waals surface area contributed by atoms with Crippen LogP contribution in [0.5, 0.6) is 6.01 Å². The topological polar surface area (TPSA) is 267 Å². The summed E-state index contributed by atoms with van der Waals surface area (Å²) in [5.74, 6) is -0.986. The molecule has 0 unspecified atom stereocenters. The Morgan fingerprint density at radius 3 is 2.18 bits per heavy atom. The van der Waals surface area contributed by atoms with E-state index in [0.717, 1.165) is 6.07 Å². The first-order valence-corrected chi connectivity index (χ1v) is 19.0. The van der Waals surface area contributed by atoms with Crippen LogP contribution in [0.4, 0.5) is 34.6 Å². The van der Waals surface area contributed by atoms with Crippen LogP contribution in [-0.4, -0.2) is 70.1 Å². The van der Waals surface area contributed by atoms with Crippen LogP contribution in [-0.2, 0) is 31.6 Å². The molecule has 56 heavy (non-hydrogen) atoms. The number of aliphatic hydroxyl groups is 1. The van der Waals surface area contributed by atoms with Crippen LogP contribution >= 0.6 is 0 Å². The van der Waals surface area contributed by atoms with Crippen LogP contribution in [0.25, 0.3) is 22.0 Å². The first-order valence-electron chi connectivity index (χ1n) is 16.2. The minimum Gasteiger partial charge on any atom is -0.744 e. The van der Waals surface area contributed by atoms with Crippen molar-refractivity contribution < 1.29 is 70.2 Å². The molecule has 4 aromatic carbocycles. The quantitative estimate of drug-likeness (QED) is 0.0419. The Morgan fingerprint density at radius 1 is 0.786 bits per heavy atom. The summed E-state index contributed by atoms with van der Waals surface area (Å²) in [7, 11) is -7.93. The van der Waals surface area contributed by atoms with Gasteiger partial charge in [0.05, 0.1) is 39.6 Å². The van der Waals surface area contributed by atoms with E-state index < -0.39 is 36.9 Å². The molecule has 0 bridgehead atoms. The van der Waals surface area contributed by atoms with E-state index in [4.69, 9.17) is 9.39 Å². The van der Waals surface area contributed by atoms with Gasteiger partial charge in [-0.25, -0.2) is 8.42 Å². The molecular formula is C35H29N8NaO10S2. The number of nitrogens with one attached hydrogen (secondary N) is 4. The van der Waals surface area contributed by atoms with Crippen molar-refractivity contribution in [1.29, 1.82) is 0 Å². The zero-order valence-corrected chi connectivity index (χ0v) is 33.3. The molecule has 0 atom stereocenters. The number of aryl methyl sites for hydroxylation is 2. The molecule has 0 fully saturated rings. The summed E-state index contributed by atoms with van der Waals surface area (Å²) in [6, 6.07) is 18.3. The van der Waals surface area contributed by atoms with Gasteiger partial charge in [0, 0.05) is 36.3 Å². The number of hydroxylamine groups is 1. The molecule has 0 spiro atoms. The number of aromatic hydroxyl groups is 1. The Hall–Kier alpha value is -5.29. The molecule has 2 heterocycles. The summed E-state index contributed by atoms with van der Waals surface area (Å²) in [6.07, 6.45) is 0. The van der Waals surface area contributed by atoms with E-state index in [2.05, 4.69) is 36.4 Å². The Labute approximate surface area is 340 Å². The van der Waals surface area contributed by atoms with Gasteiger partial charge in [0.2, 0.25) is 11.9 Å². The monoisotopic (exact) mass is 808 g/mol. The van der Waals surface area contributed by atoms with Crippen LogP contribution < -0.4 is 56.5 Å². The third-order valence-electron chi connectivity index (χ3n) is 8.53. The van der Waals surface area contributed by atoms with Crippen LogP contribution in [0.3, 0.4) is 0 Å². The molecule has 0 radical (unpaired) electrons. The maximum Gasteiger partial charge on any atom is 1.00 e. The van der Waals surface area contributed by atoms with Gasteiger partial charge in [-0.15, -0.1) is 0 Å². The number of ketones is 1. The molecule has 282 valence electrons. The van der Waals surface area contributed by atoms with E-state index in [1.54, 1.807) is 44.3 Å². The van der Waals surface area contributed by atoms with E-state index in [-0.39, 0.29) is 93.4 Å². The predicted molar refractivity (Wildman–Crippen MR) is 198 cm³/mol. The molecule has 0 saturated heterocycles. The van der Waals surface area contributed by atoms with Crippen LogP contribution in [0, 0.1) is 6.92 Å². The molecule has 6 N–H and O–H groups in total. The van der Waals surface area contributed by atoms with Crippen molar-refractivity contribution in [3.8, 4) is 17.1 Å².